The minimum Gasteiger partial charge on any atom is -0.308 e. The minimum atomic E-state index is -0.737. The van der Waals surface area contributed by atoms with E-state index in [1.807, 2.05) is 18.2 Å². The van der Waals surface area contributed by atoms with Crippen molar-refractivity contribution in [1.29, 1.82) is 0 Å². The smallest absolute Gasteiger partial charge is 0.308 e. The van der Waals surface area contributed by atoms with Gasteiger partial charge in [0.25, 0.3) is 0 Å². The van der Waals surface area contributed by atoms with E-state index in [9.17, 15) is 13.6 Å². The molecule has 1 N–H and O–H groups in total. The first-order valence-corrected chi connectivity index (χ1v) is 8.37. The molecule has 1 aliphatic heterocycles. The van der Waals surface area contributed by atoms with Gasteiger partial charge in [-0.25, -0.2) is 13.6 Å². The Kier molecular flexibility index (Phi) is 4.73. The average molecular weight is 355 g/mol. The van der Waals surface area contributed by atoms with E-state index in [0.29, 0.717) is 11.6 Å². The Labute approximate surface area is 141 Å². The van der Waals surface area contributed by atoms with Gasteiger partial charge in [-0.05, 0) is 18.2 Å². The van der Waals surface area contributed by atoms with E-state index in [-0.39, 0.29) is 11.1 Å². The molecule has 0 aromatic heterocycles. The molecule has 1 aliphatic rings. The van der Waals surface area contributed by atoms with Crippen LogP contribution in [0.3, 0.4) is 0 Å². The molecule has 2 aromatic rings. The number of hydrogen-bond donors (Lipinski definition) is 1. The molecular formula is C16H13ClF2N2OS. The number of hydrogen-bond acceptors (Lipinski definition) is 2. The third kappa shape index (κ3) is 3.59. The maximum atomic E-state index is 13.2. The number of urea groups is 1. The summed E-state index contributed by atoms with van der Waals surface area (Å²) in [5.74, 6) is -0.710. The Bertz CT molecular complexity index is 724. The largest absolute Gasteiger partial charge is 0.323 e. The van der Waals surface area contributed by atoms with Crippen molar-refractivity contribution in [3.63, 3.8) is 0 Å². The van der Waals surface area contributed by atoms with Crippen LogP contribution in [0, 0.1) is 11.6 Å². The standard InChI is InChI=1S/C16H13ClF2N2OS/c17-14-4-2-1-3-13(14)15-21(5-6-23-15)16(22)20-12-8-10(18)7-11(19)9-12/h1-4,7-9,15H,5-6H2,(H,20,22). The molecule has 1 unspecified atom stereocenters. The fourth-order valence-electron chi connectivity index (χ4n) is 2.43. The van der Waals surface area contributed by atoms with Crippen molar-refractivity contribution in [3.05, 3.63) is 64.7 Å². The molecule has 3 nitrogen and oxygen atoms in total. The molecular weight excluding hydrogens is 342 g/mol. The van der Waals surface area contributed by atoms with E-state index in [4.69, 9.17) is 11.6 Å². The molecule has 1 saturated heterocycles. The van der Waals surface area contributed by atoms with E-state index >= 15 is 0 Å². The van der Waals surface area contributed by atoms with Crippen LogP contribution in [0.4, 0.5) is 19.3 Å². The number of benzene rings is 2. The summed E-state index contributed by atoms with van der Waals surface area (Å²) in [5.41, 5.74) is 0.930. The number of rotatable bonds is 2. The summed E-state index contributed by atoms with van der Waals surface area (Å²) in [7, 11) is 0. The second-order valence-corrected chi connectivity index (χ2v) is 6.62. The van der Waals surface area contributed by atoms with Crippen molar-refractivity contribution in [1.82, 2.24) is 4.90 Å². The number of anilines is 1. The molecule has 1 fully saturated rings. The first-order chi connectivity index (χ1) is 11.0. The lowest BCUT2D eigenvalue weighted by Gasteiger charge is -2.25. The summed E-state index contributed by atoms with van der Waals surface area (Å²) in [6.45, 7) is 0.532. The van der Waals surface area contributed by atoms with Gasteiger partial charge < -0.3 is 10.2 Å². The summed E-state index contributed by atoms with van der Waals surface area (Å²) in [4.78, 5) is 14.1. The predicted octanol–water partition coefficient (Wildman–Crippen LogP) is 4.90. The van der Waals surface area contributed by atoms with Crippen LogP contribution in [-0.2, 0) is 0 Å². The molecule has 1 heterocycles. The van der Waals surface area contributed by atoms with Crippen LogP contribution in [0.5, 0.6) is 0 Å². The van der Waals surface area contributed by atoms with Crippen LogP contribution < -0.4 is 5.32 Å². The van der Waals surface area contributed by atoms with Crippen molar-refractivity contribution in [3.8, 4) is 0 Å². The number of nitrogens with one attached hydrogen (secondary N) is 1. The number of nitrogens with zero attached hydrogens (tertiary/aromatic N) is 1. The molecule has 7 heteroatoms. The van der Waals surface area contributed by atoms with Gasteiger partial charge >= 0.3 is 6.03 Å². The quantitative estimate of drug-likeness (QED) is 0.832. The van der Waals surface area contributed by atoms with Gasteiger partial charge in [0, 0.05) is 34.6 Å². The van der Waals surface area contributed by atoms with Gasteiger partial charge in [-0.3, -0.25) is 0 Å². The van der Waals surface area contributed by atoms with Crippen molar-refractivity contribution in [2.75, 3.05) is 17.6 Å². The maximum absolute atomic E-state index is 13.2. The molecule has 3 rings (SSSR count). The molecule has 0 aliphatic carbocycles. The fraction of sp³-hybridized carbons (Fsp3) is 0.188. The second-order valence-electron chi connectivity index (χ2n) is 5.03. The van der Waals surface area contributed by atoms with Crippen molar-refractivity contribution < 1.29 is 13.6 Å². The van der Waals surface area contributed by atoms with Crippen LogP contribution in [0.1, 0.15) is 10.9 Å². The number of halogens is 3. The van der Waals surface area contributed by atoms with Gasteiger partial charge in [-0.2, -0.15) is 0 Å². The van der Waals surface area contributed by atoms with Crippen molar-refractivity contribution in [2.45, 2.75) is 5.37 Å². The first-order valence-electron chi connectivity index (χ1n) is 6.94. The summed E-state index contributed by atoms with van der Waals surface area (Å²) in [6.07, 6.45) is 0. The number of amides is 2. The molecule has 0 spiro atoms. The van der Waals surface area contributed by atoms with E-state index in [1.165, 1.54) is 0 Å². The van der Waals surface area contributed by atoms with Crippen LogP contribution in [0.15, 0.2) is 42.5 Å². The molecule has 1 atom stereocenters. The normalized spacial score (nSPS) is 17.3. The lowest BCUT2D eigenvalue weighted by atomic mass is 10.2. The summed E-state index contributed by atoms with van der Waals surface area (Å²) >= 11 is 7.80. The Morgan fingerprint density at radius 2 is 1.91 bits per heavy atom. The Hall–Kier alpha value is -1.79. The lowest BCUT2D eigenvalue weighted by Crippen LogP contribution is -2.34. The van der Waals surface area contributed by atoms with Crippen LogP contribution >= 0.6 is 23.4 Å². The zero-order valence-electron chi connectivity index (χ0n) is 11.9. The van der Waals surface area contributed by atoms with Gasteiger partial charge in [0.1, 0.15) is 17.0 Å². The first kappa shape index (κ1) is 16.1. The number of carbonyl (C=O) groups excluding carboxylic acids is 1. The molecule has 2 aromatic carbocycles. The Morgan fingerprint density at radius 1 is 1.22 bits per heavy atom. The third-order valence-corrected chi connectivity index (χ3v) is 5.02. The Balaban J connectivity index is 1.80. The SMILES string of the molecule is O=C(Nc1cc(F)cc(F)c1)N1CCSC1c1ccccc1Cl. The molecule has 0 saturated carbocycles. The molecule has 0 radical (unpaired) electrons. The molecule has 2 amide bonds. The van der Waals surface area contributed by atoms with Crippen LogP contribution in [-0.4, -0.2) is 23.2 Å². The summed E-state index contributed by atoms with van der Waals surface area (Å²) < 4.78 is 26.4. The zero-order valence-corrected chi connectivity index (χ0v) is 13.5. The molecule has 23 heavy (non-hydrogen) atoms. The maximum Gasteiger partial charge on any atom is 0.323 e. The van der Waals surface area contributed by atoms with Crippen LogP contribution in [0.25, 0.3) is 0 Å². The van der Waals surface area contributed by atoms with Gasteiger partial charge in [-0.1, -0.05) is 29.8 Å². The monoisotopic (exact) mass is 354 g/mol. The molecule has 0 bridgehead atoms. The topological polar surface area (TPSA) is 32.3 Å². The van der Waals surface area contributed by atoms with Crippen molar-refractivity contribution >= 4 is 35.1 Å². The fourth-order valence-corrected chi connectivity index (χ4v) is 4.03. The minimum absolute atomic E-state index is 0.0855. The van der Waals surface area contributed by atoms with Gasteiger partial charge in [-0.15, -0.1) is 11.8 Å². The highest BCUT2D eigenvalue weighted by atomic mass is 35.5. The van der Waals surface area contributed by atoms with Gasteiger partial charge in [0.05, 0.1) is 0 Å². The van der Waals surface area contributed by atoms with E-state index < -0.39 is 17.7 Å². The van der Waals surface area contributed by atoms with E-state index in [2.05, 4.69) is 5.32 Å². The zero-order chi connectivity index (χ0) is 16.4. The number of thioether (sulfide) groups is 1. The highest BCUT2D eigenvalue weighted by molar-refractivity contribution is 7.99. The van der Waals surface area contributed by atoms with E-state index in [0.717, 1.165) is 29.5 Å². The average Bonchev–Trinajstić information content (AvgIpc) is 2.96. The van der Waals surface area contributed by atoms with E-state index in [1.54, 1.807) is 22.7 Å². The highest BCUT2D eigenvalue weighted by Crippen LogP contribution is 2.40. The van der Waals surface area contributed by atoms with Gasteiger partial charge in [0.2, 0.25) is 0 Å². The molecule has 120 valence electrons. The van der Waals surface area contributed by atoms with Gasteiger partial charge in [0.15, 0.2) is 0 Å². The number of carbonyl (C=O) groups is 1. The Morgan fingerprint density at radius 3 is 2.61 bits per heavy atom. The summed E-state index contributed by atoms with van der Waals surface area (Å²) in [6, 6.07) is 9.83. The lowest BCUT2D eigenvalue weighted by molar-refractivity contribution is 0.214. The second kappa shape index (κ2) is 6.76. The summed E-state index contributed by atoms with van der Waals surface area (Å²) in [5, 5.41) is 2.90. The highest BCUT2D eigenvalue weighted by Gasteiger charge is 2.32. The third-order valence-electron chi connectivity index (χ3n) is 3.44. The van der Waals surface area contributed by atoms with Crippen LogP contribution in [0.2, 0.25) is 5.02 Å². The predicted molar refractivity (Wildman–Crippen MR) is 88.7 cm³/mol. The van der Waals surface area contributed by atoms with Crippen molar-refractivity contribution in [2.24, 2.45) is 0 Å².